The van der Waals surface area contributed by atoms with E-state index in [0.29, 0.717) is 13.1 Å². The number of carbonyl (C=O) groups excluding carboxylic acids is 1. The van der Waals surface area contributed by atoms with E-state index in [4.69, 9.17) is 0 Å². The molecule has 0 aliphatic heterocycles. The molecule has 116 valence electrons. The van der Waals surface area contributed by atoms with Gasteiger partial charge in [0.15, 0.2) is 0 Å². The Morgan fingerprint density at radius 2 is 1.59 bits per heavy atom. The van der Waals surface area contributed by atoms with Gasteiger partial charge < -0.3 is 10.6 Å². The molecule has 0 aromatic heterocycles. The Morgan fingerprint density at radius 1 is 0.955 bits per heavy atom. The van der Waals surface area contributed by atoms with Crippen molar-refractivity contribution < 1.29 is 4.79 Å². The molecule has 0 unspecified atom stereocenters. The number of hydrogen-bond donors (Lipinski definition) is 2. The molecule has 0 atom stereocenters. The smallest absolute Gasteiger partial charge is 0.238 e. The third kappa shape index (κ3) is 4.71. The number of hydrogen-bond acceptors (Lipinski definition) is 2. The van der Waals surface area contributed by atoms with Crippen LogP contribution in [-0.4, -0.2) is 12.5 Å². The number of benzene rings is 2. The summed E-state index contributed by atoms with van der Waals surface area (Å²) in [4.78, 5) is 12.1. The summed E-state index contributed by atoms with van der Waals surface area (Å²) >= 11 is 0. The normalized spacial score (nSPS) is 11.2. The van der Waals surface area contributed by atoms with Crippen molar-refractivity contribution in [3.63, 3.8) is 0 Å². The first-order valence-corrected chi connectivity index (χ1v) is 7.61. The molecule has 0 saturated carbocycles. The minimum absolute atomic E-state index is 0.00133. The summed E-state index contributed by atoms with van der Waals surface area (Å²) in [6.07, 6.45) is 0. The average molecular weight is 296 g/mol. The van der Waals surface area contributed by atoms with Crippen molar-refractivity contribution in [3.8, 4) is 0 Å². The van der Waals surface area contributed by atoms with Crippen LogP contribution in [0.25, 0.3) is 0 Å². The number of amides is 1. The third-order valence-corrected chi connectivity index (χ3v) is 3.47. The molecule has 1 amide bonds. The van der Waals surface area contributed by atoms with Gasteiger partial charge in [-0.3, -0.25) is 4.79 Å². The molecule has 0 bridgehead atoms. The molecule has 2 aromatic rings. The SMILES string of the molecule is CC(C)(C)c1ccccc1NC(=O)CNCc1ccccc1. The van der Waals surface area contributed by atoms with Crippen molar-refractivity contribution in [2.24, 2.45) is 0 Å². The van der Waals surface area contributed by atoms with E-state index in [0.717, 1.165) is 11.3 Å². The topological polar surface area (TPSA) is 41.1 Å². The van der Waals surface area contributed by atoms with Crippen molar-refractivity contribution in [1.82, 2.24) is 5.32 Å². The molecule has 0 fully saturated rings. The van der Waals surface area contributed by atoms with Gasteiger partial charge in [-0.25, -0.2) is 0 Å². The first-order chi connectivity index (χ1) is 10.5. The molecule has 2 rings (SSSR count). The van der Waals surface area contributed by atoms with Crippen molar-refractivity contribution in [2.75, 3.05) is 11.9 Å². The number of carbonyl (C=O) groups is 1. The molecule has 0 saturated heterocycles. The lowest BCUT2D eigenvalue weighted by Crippen LogP contribution is -2.28. The summed E-state index contributed by atoms with van der Waals surface area (Å²) in [5.41, 5.74) is 3.21. The molecule has 22 heavy (non-hydrogen) atoms. The minimum Gasteiger partial charge on any atom is -0.325 e. The van der Waals surface area contributed by atoms with Crippen LogP contribution in [0.3, 0.4) is 0 Å². The maximum Gasteiger partial charge on any atom is 0.238 e. The van der Waals surface area contributed by atoms with Gasteiger partial charge in [-0.1, -0.05) is 69.3 Å². The first kappa shape index (κ1) is 16.2. The van der Waals surface area contributed by atoms with Crippen molar-refractivity contribution in [2.45, 2.75) is 32.7 Å². The molecule has 3 nitrogen and oxygen atoms in total. The highest BCUT2D eigenvalue weighted by molar-refractivity contribution is 5.93. The maximum atomic E-state index is 12.1. The van der Waals surface area contributed by atoms with Crippen LogP contribution in [0.2, 0.25) is 0 Å². The molecule has 0 heterocycles. The summed E-state index contributed by atoms with van der Waals surface area (Å²) in [6.45, 7) is 7.42. The lowest BCUT2D eigenvalue weighted by Gasteiger charge is -2.23. The highest BCUT2D eigenvalue weighted by Gasteiger charge is 2.18. The van der Waals surface area contributed by atoms with Gasteiger partial charge in [-0.2, -0.15) is 0 Å². The van der Waals surface area contributed by atoms with E-state index in [-0.39, 0.29) is 11.3 Å². The summed E-state index contributed by atoms with van der Waals surface area (Å²) in [5, 5.41) is 6.17. The highest BCUT2D eigenvalue weighted by atomic mass is 16.1. The Morgan fingerprint density at radius 3 is 2.27 bits per heavy atom. The Labute approximate surface area is 132 Å². The summed E-state index contributed by atoms with van der Waals surface area (Å²) in [6, 6.07) is 18.0. The van der Waals surface area contributed by atoms with Crippen LogP contribution in [0.5, 0.6) is 0 Å². The Bertz CT molecular complexity index is 615. The van der Waals surface area contributed by atoms with Crippen LogP contribution in [0.4, 0.5) is 5.69 Å². The zero-order valence-electron chi connectivity index (χ0n) is 13.5. The Hall–Kier alpha value is -2.13. The van der Waals surface area contributed by atoms with Gasteiger partial charge in [0.2, 0.25) is 5.91 Å². The predicted molar refractivity (Wildman–Crippen MR) is 91.9 cm³/mol. The van der Waals surface area contributed by atoms with Crippen LogP contribution in [0.1, 0.15) is 31.9 Å². The summed E-state index contributed by atoms with van der Waals surface area (Å²) in [5.74, 6) is -0.0207. The molecule has 2 N–H and O–H groups in total. The van der Waals surface area contributed by atoms with Crippen LogP contribution in [-0.2, 0) is 16.8 Å². The lowest BCUT2D eigenvalue weighted by molar-refractivity contribution is -0.115. The molecule has 0 aliphatic rings. The number of anilines is 1. The molecule has 3 heteroatoms. The van der Waals surface area contributed by atoms with E-state index < -0.39 is 0 Å². The van der Waals surface area contributed by atoms with E-state index in [2.05, 4.69) is 37.5 Å². The second-order valence-electron chi connectivity index (χ2n) is 6.43. The van der Waals surface area contributed by atoms with E-state index in [1.54, 1.807) is 0 Å². The van der Waals surface area contributed by atoms with Crippen LogP contribution in [0.15, 0.2) is 54.6 Å². The van der Waals surface area contributed by atoms with E-state index in [1.807, 2.05) is 48.5 Å². The molecule has 0 spiro atoms. The van der Waals surface area contributed by atoms with Gasteiger partial charge >= 0.3 is 0 Å². The van der Waals surface area contributed by atoms with Crippen molar-refractivity contribution in [3.05, 3.63) is 65.7 Å². The van der Waals surface area contributed by atoms with Gasteiger partial charge in [0, 0.05) is 12.2 Å². The van der Waals surface area contributed by atoms with Crippen LogP contribution in [0, 0.1) is 0 Å². The average Bonchev–Trinajstić information content (AvgIpc) is 2.48. The summed E-state index contributed by atoms with van der Waals surface area (Å²) < 4.78 is 0. The fraction of sp³-hybridized carbons (Fsp3) is 0.316. The monoisotopic (exact) mass is 296 g/mol. The maximum absolute atomic E-state index is 12.1. The van der Waals surface area contributed by atoms with Crippen molar-refractivity contribution >= 4 is 11.6 Å². The first-order valence-electron chi connectivity index (χ1n) is 7.61. The lowest BCUT2D eigenvalue weighted by atomic mass is 9.86. The fourth-order valence-electron chi connectivity index (χ4n) is 2.36. The second kappa shape index (κ2) is 7.23. The van der Waals surface area contributed by atoms with Crippen LogP contribution < -0.4 is 10.6 Å². The third-order valence-electron chi connectivity index (χ3n) is 3.47. The number of para-hydroxylation sites is 1. The molecular formula is C19H24N2O. The van der Waals surface area contributed by atoms with E-state index >= 15 is 0 Å². The van der Waals surface area contributed by atoms with Gasteiger partial charge in [-0.15, -0.1) is 0 Å². The second-order valence-corrected chi connectivity index (χ2v) is 6.43. The molecular weight excluding hydrogens is 272 g/mol. The molecule has 0 aliphatic carbocycles. The van der Waals surface area contributed by atoms with Crippen molar-refractivity contribution in [1.29, 1.82) is 0 Å². The van der Waals surface area contributed by atoms with Crippen LogP contribution >= 0.6 is 0 Å². The largest absolute Gasteiger partial charge is 0.325 e. The molecule has 2 aromatic carbocycles. The number of nitrogens with one attached hydrogen (secondary N) is 2. The zero-order chi connectivity index (χ0) is 16.0. The number of rotatable bonds is 5. The minimum atomic E-state index is -0.0207. The zero-order valence-corrected chi connectivity index (χ0v) is 13.5. The Kier molecular flexibility index (Phi) is 5.34. The van der Waals surface area contributed by atoms with Gasteiger partial charge in [0.25, 0.3) is 0 Å². The van der Waals surface area contributed by atoms with E-state index in [1.165, 1.54) is 5.56 Å². The standard InChI is InChI=1S/C19H24N2O/c1-19(2,3)16-11-7-8-12-17(16)21-18(22)14-20-13-15-9-5-4-6-10-15/h4-12,20H,13-14H2,1-3H3,(H,21,22). The quantitative estimate of drug-likeness (QED) is 0.883. The molecule has 0 radical (unpaired) electrons. The fourth-order valence-corrected chi connectivity index (χ4v) is 2.36. The Balaban J connectivity index is 1.90. The highest BCUT2D eigenvalue weighted by Crippen LogP contribution is 2.29. The van der Waals surface area contributed by atoms with E-state index in [9.17, 15) is 4.79 Å². The van der Waals surface area contributed by atoms with Gasteiger partial charge in [0.05, 0.1) is 6.54 Å². The summed E-state index contributed by atoms with van der Waals surface area (Å²) in [7, 11) is 0. The van der Waals surface area contributed by atoms with Gasteiger partial charge in [-0.05, 0) is 22.6 Å². The predicted octanol–water partition coefficient (Wildman–Crippen LogP) is 3.71. The van der Waals surface area contributed by atoms with Gasteiger partial charge in [0.1, 0.15) is 0 Å².